The second-order valence-corrected chi connectivity index (χ2v) is 6.73. The molecule has 1 aromatic heterocycles. The van der Waals surface area contributed by atoms with Gasteiger partial charge >= 0.3 is 5.97 Å². The Morgan fingerprint density at radius 2 is 1.81 bits per heavy atom. The number of hydrogen-bond acceptors (Lipinski definition) is 6. The molecule has 0 saturated heterocycles. The highest BCUT2D eigenvalue weighted by Crippen LogP contribution is 2.35. The molecule has 26 heavy (non-hydrogen) atoms. The van der Waals surface area contributed by atoms with Gasteiger partial charge in [0.25, 0.3) is 0 Å². The van der Waals surface area contributed by atoms with Gasteiger partial charge in [-0.25, -0.2) is 4.79 Å². The number of pyridine rings is 1. The molecule has 1 heterocycles. The molecule has 2 rings (SSSR count). The summed E-state index contributed by atoms with van der Waals surface area (Å²) in [7, 11) is 1.32. The van der Waals surface area contributed by atoms with Crippen LogP contribution in [-0.4, -0.2) is 40.2 Å². The third-order valence-electron chi connectivity index (χ3n) is 4.41. The summed E-state index contributed by atoms with van der Waals surface area (Å²) >= 11 is 0. The topological polar surface area (TPSA) is 88.7 Å². The van der Waals surface area contributed by atoms with Crippen LogP contribution in [0.4, 0.5) is 5.69 Å². The van der Waals surface area contributed by atoms with Crippen LogP contribution in [0.3, 0.4) is 0 Å². The van der Waals surface area contributed by atoms with Gasteiger partial charge in [0.15, 0.2) is 0 Å². The highest BCUT2D eigenvalue weighted by Gasteiger charge is 2.26. The predicted molar refractivity (Wildman–Crippen MR) is 102 cm³/mol. The first-order valence-electron chi connectivity index (χ1n) is 8.66. The Bertz CT molecular complexity index is 767. The zero-order valence-electron chi connectivity index (χ0n) is 15.9. The maximum atomic E-state index is 11.9. The third-order valence-corrected chi connectivity index (χ3v) is 4.41. The van der Waals surface area contributed by atoms with E-state index in [0.29, 0.717) is 27.9 Å². The van der Waals surface area contributed by atoms with Crippen molar-refractivity contribution in [2.75, 3.05) is 12.8 Å². The summed E-state index contributed by atoms with van der Waals surface area (Å²) in [6.45, 7) is 8.15. The Morgan fingerprint density at radius 3 is 2.38 bits per heavy atom. The lowest BCUT2D eigenvalue weighted by molar-refractivity contribution is -0.0391. The fraction of sp³-hybridized carbons (Fsp3) is 0.400. The molecule has 1 atom stereocenters. The number of nitrogen functional groups attached to an aromatic ring is 1. The molecule has 0 fully saturated rings. The van der Waals surface area contributed by atoms with Crippen molar-refractivity contribution < 1.29 is 14.6 Å². The molecular formula is C20H27N3O3. The highest BCUT2D eigenvalue weighted by molar-refractivity contribution is 5.99. The molecule has 0 radical (unpaired) electrons. The van der Waals surface area contributed by atoms with E-state index in [1.807, 2.05) is 38.7 Å². The molecule has 140 valence electrons. The maximum absolute atomic E-state index is 11.9. The van der Waals surface area contributed by atoms with Gasteiger partial charge in [0, 0.05) is 41.2 Å². The Labute approximate surface area is 154 Å². The quantitative estimate of drug-likeness (QED) is 0.469. The van der Waals surface area contributed by atoms with Crippen LogP contribution in [0.2, 0.25) is 0 Å². The second kappa shape index (κ2) is 8.29. The van der Waals surface area contributed by atoms with Gasteiger partial charge in [0.1, 0.15) is 6.23 Å². The van der Waals surface area contributed by atoms with Gasteiger partial charge in [-0.05, 0) is 39.8 Å². The first-order valence-corrected chi connectivity index (χ1v) is 8.66. The van der Waals surface area contributed by atoms with E-state index < -0.39 is 12.2 Å². The summed E-state index contributed by atoms with van der Waals surface area (Å²) in [6, 6.07) is 7.23. The van der Waals surface area contributed by atoms with E-state index in [4.69, 9.17) is 10.5 Å². The van der Waals surface area contributed by atoms with E-state index in [9.17, 15) is 9.90 Å². The van der Waals surface area contributed by atoms with E-state index in [0.717, 1.165) is 0 Å². The van der Waals surface area contributed by atoms with Gasteiger partial charge in [-0.15, -0.1) is 0 Å². The van der Waals surface area contributed by atoms with Crippen LogP contribution in [0.25, 0.3) is 11.1 Å². The third kappa shape index (κ3) is 3.86. The SMILES string of the molecule is COC(=O)c1cccc(-c2cnccc2C(O)N(C(C)C)C(C)C)c1N. The molecule has 0 aliphatic rings. The molecule has 3 N–H and O–H groups in total. The molecule has 0 bridgehead atoms. The number of nitrogens with zero attached hydrogens (tertiary/aromatic N) is 2. The average molecular weight is 357 g/mol. The van der Waals surface area contributed by atoms with Crippen LogP contribution in [0.1, 0.15) is 49.8 Å². The van der Waals surface area contributed by atoms with E-state index in [1.165, 1.54) is 7.11 Å². The number of nitrogens with two attached hydrogens (primary N) is 1. The zero-order valence-corrected chi connectivity index (χ0v) is 15.9. The number of para-hydroxylation sites is 1. The van der Waals surface area contributed by atoms with Crippen molar-refractivity contribution in [1.29, 1.82) is 0 Å². The number of methoxy groups -OCH3 is 1. The minimum atomic E-state index is -0.825. The number of esters is 1. The monoisotopic (exact) mass is 357 g/mol. The summed E-state index contributed by atoms with van der Waals surface area (Å²) in [6.07, 6.45) is 2.47. The zero-order chi connectivity index (χ0) is 19.4. The standard InChI is InChI=1S/C20H27N3O3/c1-12(2)23(13(3)4)19(24)15-9-10-22-11-17(15)14-7-6-8-16(18(14)21)20(25)26-5/h6-13,19,24H,21H2,1-5H3. The van der Waals surface area contributed by atoms with Crippen molar-refractivity contribution >= 4 is 11.7 Å². The van der Waals surface area contributed by atoms with E-state index in [2.05, 4.69) is 4.98 Å². The minimum absolute atomic E-state index is 0.143. The lowest BCUT2D eigenvalue weighted by Crippen LogP contribution is -2.40. The van der Waals surface area contributed by atoms with E-state index >= 15 is 0 Å². The number of anilines is 1. The number of ether oxygens (including phenoxy) is 1. The number of aromatic nitrogens is 1. The first-order chi connectivity index (χ1) is 12.3. The molecule has 2 aromatic rings. The van der Waals surface area contributed by atoms with Crippen molar-refractivity contribution in [2.24, 2.45) is 0 Å². The molecule has 1 unspecified atom stereocenters. The number of rotatable bonds is 6. The summed E-state index contributed by atoms with van der Waals surface area (Å²) in [5.41, 5.74) is 8.85. The second-order valence-electron chi connectivity index (χ2n) is 6.73. The highest BCUT2D eigenvalue weighted by atomic mass is 16.5. The van der Waals surface area contributed by atoms with Crippen LogP contribution in [0, 0.1) is 0 Å². The Kier molecular flexibility index (Phi) is 6.34. The smallest absolute Gasteiger partial charge is 0.339 e. The Hall–Kier alpha value is -2.44. The van der Waals surface area contributed by atoms with Crippen molar-refractivity contribution in [3.63, 3.8) is 0 Å². The average Bonchev–Trinajstić information content (AvgIpc) is 2.60. The molecule has 6 heteroatoms. The maximum Gasteiger partial charge on any atom is 0.339 e. The van der Waals surface area contributed by atoms with Gasteiger partial charge in [-0.2, -0.15) is 0 Å². The Balaban J connectivity index is 2.59. The van der Waals surface area contributed by atoms with Crippen molar-refractivity contribution in [1.82, 2.24) is 9.88 Å². The predicted octanol–water partition coefficient (Wildman–Crippen LogP) is 3.23. The van der Waals surface area contributed by atoms with Crippen molar-refractivity contribution in [3.05, 3.63) is 47.8 Å². The molecule has 0 aliphatic heterocycles. The normalized spacial score (nSPS) is 12.7. The molecule has 0 aliphatic carbocycles. The number of aliphatic hydroxyl groups is 1. The minimum Gasteiger partial charge on any atom is -0.465 e. The summed E-state index contributed by atoms with van der Waals surface area (Å²) < 4.78 is 4.79. The molecule has 0 amide bonds. The van der Waals surface area contributed by atoms with Crippen LogP contribution >= 0.6 is 0 Å². The number of carbonyl (C=O) groups is 1. The van der Waals surface area contributed by atoms with Crippen LogP contribution in [0.5, 0.6) is 0 Å². The van der Waals surface area contributed by atoms with Gasteiger partial charge < -0.3 is 15.6 Å². The molecule has 0 spiro atoms. The fourth-order valence-electron chi connectivity index (χ4n) is 3.27. The van der Waals surface area contributed by atoms with Gasteiger partial charge in [0.2, 0.25) is 0 Å². The van der Waals surface area contributed by atoms with Gasteiger partial charge in [-0.1, -0.05) is 12.1 Å². The van der Waals surface area contributed by atoms with Crippen molar-refractivity contribution in [2.45, 2.75) is 46.0 Å². The number of carbonyl (C=O) groups excluding carboxylic acids is 1. The largest absolute Gasteiger partial charge is 0.465 e. The van der Waals surface area contributed by atoms with Gasteiger partial charge in [-0.3, -0.25) is 9.88 Å². The van der Waals surface area contributed by atoms with E-state index in [-0.39, 0.29) is 12.1 Å². The van der Waals surface area contributed by atoms with Crippen LogP contribution in [-0.2, 0) is 4.74 Å². The lowest BCUT2D eigenvalue weighted by Gasteiger charge is -2.36. The molecular weight excluding hydrogens is 330 g/mol. The van der Waals surface area contributed by atoms with E-state index in [1.54, 1.807) is 30.6 Å². The number of aliphatic hydroxyl groups excluding tert-OH is 1. The van der Waals surface area contributed by atoms with Crippen molar-refractivity contribution in [3.8, 4) is 11.1 Å². The number of hydrogen-bond donors (Lipinski definition) is 2. The van der Waals surface area contributed by atoms with Crippen LogP contribution < -0.4 is 5.73 Å². The fourth-order valence-corrected chi connectivity index (χ4v) is 3.27. The Morgan fingerprint density at radius 1 is 1.15 bits per heavy atom. The summed E-state index contributed by atoms with van der Waals surface area (Å²) in [5, 5.41) is 11.0. The molecule has 6 nitrogen and oxygen atoms in total. The lowest BCUT2D eigenvalue weighted by atomic mass is 9.96. The van der Waals surface area contributed by atoms with Crippen LogP contribution in [0.15, 0.2) is 36.7 Å². The van der Waals surface area contributed by atoms with Gasteiger partial charge in [0.05, 0.1) is 18.4 Å². The summed E-state index contributed by atoms with van der Waals surface area (Å²) in [4.78, 5) is 18.1. The molecule has 0 saturated carbocycles. The molecule has 1 aromatic carbocycles. The summed E-state index contributed by atoms with van der Waals surface area (Å²) in [5.74, 6) is -0.499. The number of benzene rings is 1. The first kappa shape index (κ1) is 19.9.